The molecule has 116 valence electrons. The molecule has 1 nitrogen and oxygen atoms in total. The molecule has 0 fully saturated rings. The van der Waals surface area contributed by atoms with Crippen molar-refractivity contribution >= 4 is 28.0 Å². The van der Waals surface area contributed by atoms with Crippen molar-refractivity contribution in [3.63, 3.8) is 0 Å². The second-order valence-corrected chi connectivity index (χ2v) is 7.10. The molecule has 0 bridgehead atoms. The molecule has 2 rings (SSSR count). The maximum atomic E-state index is 12.6. The van der Waals surface area contributed by atoms with Gasteiger partial charge in [0.15, 0.2) is 0 Å². The smallest absolute Gasteiger partial charge is 0.0778 e. The lowest BCUT2D eigenvalue weighted by Gasteiger charge is -2.08. The first-order chi connectivity index (χ1) is 10.6. The number of aryl methyl sites for hydroxylation is 1. The predicted molar refractivity (Wildman–Crippen MR) is 96.5 cm³/mol. The Bertz CT molecular complexity index is 657. The Balaban J connectivity index is 2.29. The standard InChI is InChI=1S/C19H21ClOS/c1-3-4-5-17(16-8-10-18(20)11-9-16)14-22(21)19-12-6-15(2)7-13-19/h6-14H,3-5H2,1-2H3/b17-14+. The average Bonchev–Trinajstić information content (AvgIpc) is 2.52. The second-order valence-electron chi connectivity index (χ2n) is 5.36. The van der Waals surface area contributed by atoms with Crippen LogP contribution in [0.2, 0.25) is 5.02 Å². The Kier molecular flexibility index (Phi) is 6.41. The summed E-state index contributed by atoms with van der Waals surface area (Å²) in [5.41, 5.74) is 3.39. The Morgan fingerprint density at radius 1 is 1.09 bits per heavy atom. The van der Waals surface area contributed by atoms with Gasteiger partial charge >= 0.3 is 0 Å². The minimum absolute atomic E-state index is 0.721. The molecular formula is C19H21ClOS. The van der Waals surface area contributed by atoms with Crippen molar-refractivity contribution in [2.24, 2.45) is 0 Å². The van der Waals surface area contributed by atoms with Crippen LogP contribution in [0.1, 0.15) is 37.3 Å². The van der Waals surface area contributed by atoms with Gasteiger partial charge in [-0.05, 0) is 55.2 Å². The third-order valence-electron chi connectivity index (χ3n) is 3.52. The maximum absolute atomic E-state index is 12.6. The van der Waals surface area contributed by atoms with E-state index in [1.54, 1.807) is 0 Å². The lowest BCUT2D eigenvalue weighted by atomic mass is 10.0. The Labute approximate surface area is 140 Å². The predicted octanol–water partition coefficient (Wildman–Crippen LogP) is 5.99. The molecule has 0 aromatic heterocycles. The summed E-state index contributed by atoms with van der Waals surface area (Å²) in [5.74, 6) is 0. The monoisotopic (exact) mass is 332 g/mol. The van der Waals surface area contributed by atoms with E-state index in [0.29, 0.717) is 0 Å². The Morgan fingerprint density at radius 2 is 1.73 bits per heavy atom. The summed E-state index contributed by atoms with van der Waals surface area (Å²) in [6, 6.07) is 15.6. The molecule has 0 spiro atoms. The number of halogens is 1. The van der Waals surface area contributed by atoms with Crippen LogP contribution in [0.4, 0.5) is 0 Å². The fourth-order valence-corrected chi connectivity index (χ4v) is 3.35. The molecule has 0 N–H and O–H groups in total. The summed E-state index contributed by atoms with van der Waals surface area (Å²) in [7, 11) is -1.13. The van der Waals surface area contributed by atoms with Gasteiger partial charge in [0, 0.05) is 15.3 Å². The number of allylic oxidation sites excluding steroid dienone is 1. The summed E-state index contributed by atoms with van der Waals surface area (Å²) in [5, 5.41) is 2.60. The molecule has 2 aromatic rings. The van der Waals surface area contributed by atoms with Gasteiger partial charge in [-0.25, -0.2) is 4.21 Å². The van der Waals surface area contributed by atoms with E-state index in [1.165, 1.54) is 5.56 Å². The molecule has 0 aliphatic rings. The van der Waals surface area contributed by atoms with E-state index in [-0.39, 0.29) is 0 Å². The van der Waals surface area contributed by atoms with E-state index in [4.69, 9.17) is 11.6 Å². The van der Waals surface area contributed by atoms with Gasteiger partial charge in [0.1, 0.15) is 0 Å². The second kappa shape index (κ2) is 8.30. The molecule has 0 heterocycles. The minimum Gasteiger partial charge on any atom is -0.250 e. The third-order valence-corrected chi connectivity index (χ3v) is 5.00. The Hall–Kier alpha value is -1.38. The van der Waals surface area contributed by atoms with Gasteiger partial charge in [-0.3, -0.25) is 0 Å². The zero-order valence-electron chi connectivity index (χ0n) is 13.0. The maximum Gasteiger partial charge on any atom is 0.0778 e. The van der Waals surface area contributed by atoms with Crippen LogP contribution in [-0.4, -0.2) is 4.21 Å². The van der Waals surface area contributed by atoms with Crippen LogP contribution in [0, 0.1) is 6.92 Å². The van der Waals surface area contributed by atoms with Gasteiger partial charge in [0.05, 0.1) is 10.8 Å². The highest BCUT2D eigenvalue weighted by Gasteiger charge is 2.06. The van der Waals surface area contributed by atoms with E-state index < -0.39 is 10.8 Å². The summed E-state index contributed by atoms with van der Waals surface area (Å²) < 4.78 is 12.6. The highest BCUT2D eigenvalue weighted by molar-refractivity contribution is 7.88. The first kappa shape index (κ1) is 17.0. The molecular weight excluding hydrogens is 312 g/mol. The van der Waals surface area contributed by atoms with E-state index in [1.807, 2.05) is 60.9 Å². The topological polar surface area (TPSA) is 17.1 Å². The van der Waals surface area contributed by atoms with E-state index in [9.17, 15) is 4.21 Å². The highest BCUT2D eigenvalue weighted by atomic mass is 35.5. The largest absolute Gasteiger partial charge is 0.250 e. The SMILES string of the molecule is CCCC/C(=C\S(=O)c1ccc(C)cc1)c1ccc(Cl)cc1. The van der Waals surface area contributed by atoms with Crippen LogP contribution in [-0.2, 0) is 10.8 Å². The number of rotatable bonds is 6. The van der Waals surface area contributed by atoms with Crippen LogP contribution >= 0.6 is 11.6 Å². The van der Waals surface area contributed by atoms with Crippen LogP contribution in [0.15, 0.2) is 58.8 Å². The van der Waals surface area contributed by atoms with Gasteiger partial charge in [-0.1, -0.05) is 54.8 Å². The number of hydrogen-bond acceptors (Lipinski definition) is 1. The zero-order valence-corrected chi connectivity index (χ0v) is 14.6. The first-order valence-electron chi connectivity index (χ1n) is 7.54. The van der Waals surface area contributed by atoms with Gasteiger partial charge in [-0.2, -0.15) is 0 Å². The van der Waals surface area contributed by atoms with Crippen molar-refractivity contribution in [3.8, 4) is 0 Å². The number of unbranched alkanes of at least 4 members (excludes halogenated alkanes) is 1. The van der Waals surface area contributed by atoms with Crippen molar-refractivity contribution in [1.29, 1.82) is 0 Å². The fraction of sp³-hybridized carbons (Fsp3) is 0.263. The molecule has 0 saturated carbocycles. The van der Waals surface area contributed by atoms with Crippen molar-refractivity contribution in [1.82, 2.24) is 0 Å². The molecule has 2 aromatic carbocycles. The molecule has 0 radical (unpaired) electrons. The third kappa shape index (κ3) is 4.82. The summed E-state index contributed by atoms with van der Waals surface area (Å²) >= 11 is 5.96. The molecule has 3 heteroatoms. The normalized spacial score (nSPS) is 13.1. The zero-order chi connectivity index (χ0) is 15.9. The van der Waals surface area contributed by atoms with Crippen molar-refractivity contribution in [3.05, 3.63) is 70.1 Å². The first-order valence-corrected chi connectivity index (χ1v) is 9.13. The number of hydrogen-bond donors (Lipinski definition) is 0. The van der Waals surface area contributed by atoms with Gasteiger partial charge in [-0.15, -0.1) is 0 Å². The molecule has 0 aliphatic carbocycles. The van der Waals surface area contributed by atoms with E-state index in [0.717, 1.165) is 40.3 Å². The minimum atomic E-state index is -1.13. The summed E-state index contributed by atoms with van der Waals surface area (Å²) in [4.78, 5) is 0.841. The molecule has 1 atom stereocenters. The van der Waals surface area contributed by atoms with Gasteiger partial charge < -0.3 is 0 Å². The summed E-state index contributed by atoms with van der Waals surface area (Å²) in [6.45, 7) is 4.19. The van der Waals surface area contributed by atoms with Gasteiger partial charge in [0.2, 0.25) is 0 Å². The van der Waals surface area contributed by atoms with Crippen molar-refractivity contribution in [2.75, 3.05) is 0 Å². The lowest BCUT2D eigenvalue weighted by Crippen LogP contribution is -1.92. The van der Waals surface area contributed by atoms with Crippen LogP contribution in [0.25, 0.3) is 5.57 Å². The molecule has 0 amide bonds. The van der Waals surface area contributed by atoms with Gasteiger partial charge in [0.25, 0.3) is 0 Å². The average molecular weight is 333 g/mol. The number of benzene rings is 2. The Morgan fingerprint density at radius 3 is 2.32 bits per heavy atom. The quantitative estimate of drug-likeness (QED) is 0.635. The molecule has 22 heavy (non-hydrogen) atoms. The highest BCUT2D eigenvalue weighted by Crippen LogP contribution is 2.24. The van der Waals surface area contributed by atoms with Crippen LogP contribution in [0.3, 0.4) is 0 Å². The van der Waals surface area contributed by atoms with E-state index in [2.05, 4.69) is 6.92 Å². The summed E-state index contributed by atoms with van der Waals surface area (Å²) in [6.07, 6.45) is 3.12. The van der Waals surface area contributed by atoms with Crippen molar-refractivity contribution in [2.45, 2.75) is 38.0 Å². The molecule has 1 unspecified atom stereocenters. The van der Waals surface area contributed by atoms with Crippen molar-refractivity contribution < 1.29 is 4.21 Å². The fourth-order valence-electron chi connectivity index (χ4n) is 2.17. The van der Waals surface area contributed by atoms with Crippen LogP contribution in [0.5, 0.6) is 0 Å². The molecule has 0 aliphatic heterocycles. The van der Waals surface area contributed by atoms with Crippen LogP contribution < -0.4 is 0 Å². The lowest BCUT2D eigenvalue weighted by molar-refractivity contribution is 0.688. The molecule has 0 saturated heterocycles. The van der Waals surface area contributed by atoms with E-state index >= 15 is 0 Å².